The van der Waals surface area contributed by atoms with Crippen molar-refractivity contribution < 1.29 is 27.6 Å². The lowest BCUT2D eigenvalue weighted by Gasteiger charge is -2.34. The van der Waals surface area contributed by atoms with Gasteiger partial charge in [-0.1, -0.05) is 5.92 Å². The van der Waals surface area contributed by atoms with Gasteiger partial charge in [-0.15, -0.1) is 0 Å². The average molecular weight is 236 g/mol. The molecule has 0 amide bonds. The Bertz CT molecular complexity index is 291. The van der Waals surface area contributed by atoms with Crippen molar-refractivity contribution in [3.63, 3.8) is 0 Å². The highest BCUT2D eigenvalue weighted by Gasteiger charge is 2.31. The molecule has 0 saturated carbocycles. The van der Waals surface area contributed by atoms with Gasteiger partial charge >= 0.3 is 6.16 Å². The summed E-state index contributed by atoms with van der Waals surface area (Å²) in [7, 11) is -3.07. The molecule has 86 valence electrons. The van der Waals surface area contributed by atoms with Gasteiger partial charge in [0.1, 0.15) is 12.2 Å². The molecular formula is C8H12O6S. The maximum Gasteiger partial charge on any atom is 0.522 e. The number of carbonyl (C=O) groups excluding carboxylic acids is 1. The van der Waals surface area contributed by atoms with Crippen LogP contribution in [-0.2, 0) is 13.7 Å². The molecule has 1 rings (SSSR count). The molecular weight excluding hydrogens is 224 g/mol. The molecule has 0 aliphatic carbocycles. The van der Waals surface area contributed by atoms with E-state index in [-0.39, 0.29) is 12.4 Å². The Morgan fingerprint density at radius 1 is 1.60 bits per heavy atom. The number of hydrogen-bond donors (Lipinski definition) is 2. The van der Waals surface area contributed by atoms with Crippen molar-refractivity contribution in [3.8, 4) is 12.0 Å². The van der Waals surface area contributed by atoms with Crippen LogP contribution in [0.5, 0.6) is 0 Å². The molecule has 1 atom stereocenters. The summed E-state index contributed by atoms with van der Waals surface area (Å²) in [5.74, 6) is 2.24. The fraction of sp³-hybridized carbons (Fsp3) is 0.625. The van der Waals surface area contributed by atoms with Gasteiger partial charge in [0.15, 0.2) is 0 Å². The van der Waals surface area contributed by atoms with E-state index in [4.69, 9.17) is 8.92 Å². The summed E-state index contributed by atoms with van der Waals surface area (Å²) in [6, 6.07) is 0. The molecule has 1 fully saturated rings. The number of carbonyl (C=O) groups is 1. The molecule has 1 unspecified atom stereocenters. The van der Waals surface area contributed by atoms with Crippen LogP contribution >= 0.6 is 10.9 Å². The van der Waals surface area contributed by atoms with E-state index in [0.717, 1.165) is 0 Å². The second kappa shape index (κ2) is 5.23. The highest BCUT2D eigenvalue weighted by Crippen LogP contribution is 2.44. The summed E-state index contributed by atoms with van der Waals surface area (Å²) in [5.41, 5.74) is 0. The van der Waals surface area contributed by atoms with Crippen LogP contribution in [0.25, 0.3) is 0 Å². The monoisotopic (exact) mass is 236 g/mol. The van der Waals surface area contributed by atoms with Crippen molar-refractivity contribution in [2.75, 3.05) is 12.4 Å². The van der Waals surface area contributed by atoms with Crippen LogP contribution in [0.4, 0.5) is 4.79 Å². The van der Waals surface area contributed by atoms with Crippen LogP contribution in [0.15, 0.2) is 0 Å². The summed E-state index contributed by atoms with van der Waals surface area (Å²) in [6.07, 6.45) is 0.951. The molecule has 1 saturated heterocycles. The van der Waals surface area contributed by atoms with Gasteiger partial charge in [0.05, 0.1) is 23.2 Å². The van der Waals surface area contributed by atoms with E-state index in [0.29, 0.717) is 6.42 Å². The first-order valence-electron chi connectivity index (χ1n) is 4.23. The van der Waals surface area contributed by atoms with Crippen LogP contribution in [0.1, 0.15) is 13.3 Å². The smallest absolute Gasteiger partial charge is 0.429 e. The lowest BCUT2D eigenvalue weighted by Crippen LogP contribution is -2.31. The molecule has 2 N–H and O–H groups in total. The Balaban J connectivity index is 2.37. The molecule has 0 radical (unpaired) electrons. The average Bonchev–Trinajstić information content (AvgIpc) is 2.13. The van der Waals surface area contributed by atoms with Crippen molar-refractivity contribution in [2.45, 2.75) is 19.4 Å². The fourth-order valence-electron chi connectivity index (χ4n) is 1.03. The third kappa shape index (κ3) is 4.40. The highest BCUT2D eigenvalue weighted by molar-refractivity contribution is 8.20. The van der Waals surface area contributed by atoms with Crippen LogP contribution < -0.4 is 0 Å². The van der Waals surface area contributed by atoms with Crippen LogP contribution in [0, 0.1) is 12.0 Å². The summed E-state index contributed by atoms with van der Waals surface area (Å²) < 4.78 is 32.2. The number of ether oxygens (including phenoxy) is 2. The van der Waals surface area contributed by atoms with Crippen molar-refractivity contribution >= 4 is 17.0 Å². The molecule has 0 aromatic rings. The highest BCUT2D eigenvalue weighted by atomic mass is 32.3. The summed E-state index contributed by atoms with van der Waals surface area (Å²) in [6.45, 7) is 1.65. The van der Waals surface area contributed by atoms with E-state index in [1.165, 1.54) is 6.92 Å². The molecule has 7 heteroatoms. The van der Waals surface area contributed by atoms with Crippen molar-refractivity contribution in [1.29, 1.82) is 0 Å². The molecule has 0 aromatic carbocycles. The maximum atomic E-state index is 10.9. The zero-order valence-electron chi connectivity index (χ0n) is 8.13. The lowest BCUT2D eigenvalue weighted by atomic mass is 10.3. The summed E-state index contributed by atoms with van der Waals surface area (Å²) in [5, 5.41) is 0. The van der Waals surface area contributed by atoms with Gasteiger partial charge in [-0.25, -0.2) is 4.79 Å². The van der Waals surface area contributed by atoms with Crippen molar-refractivity contribution in [3.05, 3.63) is 0 Å². The summed E-state index contributed by atoms with van der Waals surface area (Å²) >= 11 is 0. The van der Waals surface area contributed by atoms with E-state index >= 15 is 0 Å². The Hall–Kier alpha value is -0.940. The minimum atomic E-state index is -3.07. The van der Waals surface area contributed by atoms with Crippen LogP contribution in [0.3, 0.4) is 0 Å². The van der Waals surface area contributed by atoms with Gasteiger partial charge in [-0.2, -0.15) is 0 Å². The predicted octanol–water partition coefficient (Wildman–Crippen LogP) is 1.57. The van der Waals surface area contributed by atoms with Gasteiger partial charge in [-0.05, 0) is 0 Å². The predicted molar refractivity (Wildman–Crippen MR) is 53.1 cm³/mol. The first-order chi connectivity index (χ1) is 7.03. The Morgan fingerprint density at radius 3 is 2.93 bits per heavy atom. The normalized spacial score (nSPS) is 25.7. The minimum absolute atomic E-state index is 0.123. The van der Waals surface area contributed by atoms with Gasteiger partial charge in [0.25, 0.3) is 0 Å². The molecule has 1 aliphatic rings. The summed E-state index contributed by atoms with van der Waals surface area (Å²) in [4.78, 5) is 10.9. The van der Waals surface area contributed by atoms with Gasteiger partial charge in [0.2, 0.25) is 0 Å². The molecule has 15 heavy (non-hydrogen) atoms. The largest absolute Gasteiger partial charge is 0.522 e. The quantitative estimate of drug-likeness (QED) is 0.531. The Labute approximate surface area is 89.1 Å². The van der Waals surface area contributed by atoms with Gasteiger partial charge in [-0.3, -0.25) is 4.18 Å². The van der Waals surface area contributed by atoms with E-state index in [1.54, 1.807) is 0 Å². The first kappa shape index (κ1) is 12.1. The zero-order chi connectivity index (χ0) is 11.3. The SMILES string of the molecule is CC#COC(=O)OC1CCOS(O)(O)C1. The zero-order valence-corrected chi connectivity index (χ0v) is 8.95. The first-order valence-corrected chi connectivity index (χ1v) is 5.87. The number of hydrogen-bond acceptors (Lipinski definition) is 6. The fourth-order valence-corrected chi connectivity index (χ4v) is 2.21. The van der Waals surface area contributed by atoms with Gasteiger partial charge in [0, 0.05) is 13.3 Å². The molecule has 0 spiro atoms. The number of rotatable bonds is 1. The molecule has 1 aliphatic heterocycles. The topological polar surface area (TPSA) is 85.2 Å². The maximum absolute atomic E-state index is 10.9. The third-order valence-corrected chi connectivity index (χ3v) is 2.96. The molecule has 0 bridgehead atoms. The van der Waals surface area contributed by atoms with E-state index < -0.39 is 23.1 Å². The van der Waals surface area contributed by atoms with E-state index in [2.05, 4.69) is 16.8 Å². The van der Waals surface area contributed by atoms with Gasteiger partial charge < -0.3 is 18.6 Å². The minimum Gasteiger partial charge on any atom is -0.429 e. The third-order valence-electron chi connectivity index (χ3n) is 1.61. The van der Waals surface area contributed by atoms with E-state index in [9.17, 15) is 13.9 Å². The van der Waals surface area contributed by atoms with Crippen LogP contribution in [-0.4, -0.2) is 33.7 Å². The van der Waals surface area contributed by atoms with Crippen molar-refractivity contribution in [2.24, 2.45) is 0 Å². The van der Waals surface area contributed by atoms with E-state index in [1.807, 2.05) is 0 Å². The van der Waals surface area contributed by atoms with Crippen molar-refractivity contribution in [1.82, 2.24) is 0 Å². The second-order valence-electron chi connectivity index (χ2n) is 2.83. The molecule has 6 nitrogen and oxygen atoms in total. The molecule has 0 aromatic heterocycles. The standard InChI is InChI=1S/C8H12O6S/c1-2-4-12-8(9)14-7-3-5-13-15(10,11)6-7/h7,10-11H,3,5-6H2,1H3. The Morgan fingerprint density at radius 2 is 2.33 bits per heavy atom. The lowest BCUT2D eigenvalue weighted by molar-refractivity contribution is 0.0404. The Kier molecular flexibility index (Phi) is 4.23. The molecule has 1 heterocycles. The second-order valence-corrected chi connectivity index (χ2v) is 4.61. The van der Waals surface area contributed by atoms with Crippen LogP contribution in [0.2, 0.25) is 0 Å².